The number of hydrogen-bond acceptors (Lipinski definition) is 5. The Balaban J connectivity index is 0.000000745. The maximum atomic E-state index is 11.1. The Hall–Kier alpha value is -2.96. The lowest BCUT2D eigenvalue weighted by Gasteiger charge is -2.10. The molecule has 0 spiro atoms. The topological polar surface area (TPSA) is 126 Å². The van der Waals surface area contributed by atoms with Gasteiger partial charge in [-0.05, 0) is 44.0 Å². The van der Waals surface area contributed by atoms with Crippen LogP contribution in [0.4, 0.5) is 5.82 Å². The number of anilines is 1. The minimum Gasteiger partial charge on any atom is -0.483 e. The highest BCUT2D eigenvalue weighted by molar-refractivity contribution is 5.91. The summed E-state index contributed by atoms with van der Waals surface area (Å²) in [5.41, 5.74) is 9.59. The van der Waals surface area contributed by atoms with Crippen LogP contribution >= 0.6 is 0 Å². The zero-order chi connectivity index (χ0) is 16.9. The van der Waals surface area contributed by atoms with Gasteiger partial charge in [0.15, 0.2) is 0 Å². The first-order valence-electron chi connectivity index (χ1n) is 6.33. The Bertz CT molecular complexity index is 691. The van der Waals surface area contributed by atoms with E-state index in [1.807, 2.05) is 6.92 Å². The second kappa shape index (κ2) is 7.16. The highest BCUT2D eigenvalue weighted by Gasteiger charge is 2.15. The molecular formula is C15H17N3O4. The molecule has 22 heavy (non-hydrogen) atoms. The Morgan fingerprint density at radius 1 is 1.23 bits per heavy atom. The quantitative estimate of drug-likeness (QED) is 0.724. The van der Waals surface area contributed by atoms with Crippen molar-refractivity contribution >= 4 is 18.3 Å². The second-order valence-corrected chi connectivity index (χ2v) is 4.62. The molecule has 0 atom stereocenters. The Morgan fingerprint density at radius 2 is 1.82 bits per heavy atom. The number of rotatable bonds is 2. The van der Waals surface area contributed by atoms with E-state index < -0.39 is 5.97 Å². The number of nitrogens with two attached hydrogens (primary N) is 1. The summed E-state index contributed by atoms with van der Waals surface area (Å²) in [7, 11) is 0. The van der Waals surface area contributed by atoms with Crippen LogP contribution in [0.5, 0.6) is 0 Å². The van der Waals surface area contributed by atoms with Gasteiger partial charge in [0.1, 0.15) is 5.82 Å². The monoisotopic (exact) mass is 303 g/mol. The summed E-state index contributed by atoms with van der Waals surface area (Å²) < 4.78 is 0. The van der Waals surface area contributed by atoms with Crippen molar-refractivity contribution in [1.82, 2.24) is 9.97 Å². The summed E-state index contributed by atoms with van der Waals surface area (Å²) in [6.45, 7) is 5.13. The van der Waals surface area contributed by atoms with Crippen molar-refractivity contribution in [3.8, 4) is 11.3 Å². The lowest BCUT2D eigenvalue weighted by molar-refractivity contribution is -0.122. The first kappa shape index (κ1) is 17.1. The van der Waals surface area contributed by atoms with Gasteiger partial charge in [-0.1, -0.05) is 0 Å². The zero-order valence-electron chi connectivity index (χ0n) is 12.5. The van der Waals surface area contributed by atoms with Gasteiger partial charge >= 0.3 is 5.97 Å². The summed E-state index contributed by atoms with van der Waals surface area (Å²) in [4.78, 5) is 27.9. The van der Waals surface area contributed by atoms with E-state index in [1.54, 1.807) is 32.2 Å². The van der Waals surface area contributed by atoms with E-state index in [-0.39, 0.29) is 12.0 Å². The van der Waals surface area contributed by atoms with Crippen molar-refractivity contribution in [3.05, 3.63) is 40.7 Å². The first-order chi connectivity index (χ1) is 10.3. The van der Waals surface area contributed by atoms with Crippen LogP contribution in [0.3, 0.4) is 0 Å². The van der Waals surface area contributed by atoms with Gasteiger partial charge in [-0.25, -0.2) is 9.78 Å². The average Bonchev–Trinajstić information content (AvgIpc) is 2.37. The van der Waals surface area contributed by atoms with Crippen molar-refractivity contribution in [2.45, 2.75) is 20.8 Å². The molecule has 0 saturated heterocycles. The molecule has 0 saturated carbocycles. The van der Waals surface area contributed by atoms with Gasteiger partial charge in [-0.3, -0.25) is 9.78 Å². The maximum Gasteiger partial charge on any atom is 0.337 e. The fraction of sp³-hybridized carbons (Fsp3) is 0.200. The van der Waals surface area contributed by atoms with Gasteiger partial charge in [0, 0.05) is 11.8 Å². The molecule has 4 N–H and O–H groups in total. The number of aryl methyl sites for hydroxylation is 3. The summed E-state index contributed by atoms with van der Waals surface area (Å²) in [6.07, 6.45) is 1.66. The largest absolute Gasteiger partial charge is 0.483 e. The van der Waals surface area contributed by atoms with Crippen LogP contribution in [0.25, 0.3) is 11.3 Å². The number of carbonyl (C=O) groups is 2. The molecule has 0 unspecified atom stereocenters. The lowest BCUT2D eigenvalue weighted by Crippen LogP contribution is -2.06. The third-order valence-corrected chi connectivity index (χ3v) is 3.02. The van der Waals surface area contributed by atoms with Crippen molar-refractivity contribution < 1.29 is 19.8 Å². The third kappa shape index (κ3) is 3.78. The molecule has 0 amide bonds. The number of carboxylic acids is 1. The molecule has 0 radical (unpaired) electrons. The molecule has 0 bridgehead atoms. The van der Waals surface area contributed by atoms with Crippen molar-refractivity contribution in [3.63, 3.8) is 0 Å². The highest BCUT2D eigenvalue weighted by atomic mass is 16.4. The van der Waals surface area contributed by atoms with Crippen LogP contribution in [-0.4, -0.2) is 32.6 Å². The summed E-state index contributed by atoms with van der Waals surface area (Å²) in [5.74, 6) is -0.502. The average molecular weight is 303 g/mol. The molecule has 2 rings (SSSR count). The number of carboxylic acid groups (broad SMARTS) is 2. The fourth-order valence-electron chi connectivity index (χ4n) is 2.14. The summed E-state index contributed by atoms with van der Waals surface area (Å²) >= 11 is 0. The van der Waals surface area contributed by atoms with Crippen LogP contribution in [0.1, 0.15) is 27.2 Å². The lowest BCUT2D eigenvalue weighted by atomic mass is 10.0. The molecule has 2 aromatic rings. The van der Waals surface area contributed by atoms with Gasteiger partial charge in [0.05, 0.1) is 17.0 Å². The zero-order valence-corrected chi connectivity index (χ0v) is 12.5. The summed E-state index contributed by atoms with van der Waals surface area (Å²) in [5, 5.41) is 16.0. The van der Waals surface area contributed by atoms with Crippen molar-refractivity contribution in [2.75, 3.05) is 5.73 Å². The van der Waals surface area contributed by atoms with Crippen LogP contribution in [0.2, 0.25) is 0 Å². The third-order valence-electron chi connectivity index (χ3n) is 3.02. The molecule has 7 heteroatoms. The molecule has 0 aromatic carbocycles. The number of pyridine rings is 2. The number of nitrogens with zero attached hydrogens (tertiary/aromatic N) is 2. The molecule has 2 aromatic heterocycles. The molecular weight excluding hydrogens is 286 g/mol. The van der Waals surface area contributed by atoms with Gasteiger partial charge in [-0.2, -0.15) is 0 Å². The maximum absolute atomic E-state index is 11.1. The molecule has 0 fully saturated rings. The Labute approximate surface area is 127 Å². The number of aromatic carboxylic acids is 1. The van der Waals surface area contributed by atoms with E-state index in [1.165, 1.54) is 0 Å². The SMILES string of the molecule is Cc1cc(N)ncc1-c1cc(C)c(C(=O)O)c(C)n1.O=CO. The molecule has 0 aliphatic heterocycles. The minimum absolute atomic E-state index is 0.250. The van der Waals surface area contributed by atoms with E-state index in [0.717, 1.165) is 11.1 Å². The number of nitrogen functional groups attached to an aromatic ring is 1. The Kier molecular flexibility index (Phi) is 5.57. The van der Waals surface area contributed by atoms with Gasteiger partial charge in [0.25, 0.3) is 6.47 Å². The van der Waals surface area contributed by atoms with Crippen LogP contribution in [0.15, 0.2) is 18.3 Å². The van der Waals surface area contributed by atoms with Crippen molar-refractivity contribution in [2.24, 2.45) is 0 Å². The summed E-state index contributed by atoms with van der Waals surface area (Å²) in [6, 6.07) is 3.53. The van der Waals surface area contributed by atoms with E-state index in [0.29, 0.717) is 22.8 Å². The van der Waals surface area contributed by atoms with E-state index in [4.69, 9.17) is 20.7 Å². The smallest absolute Gasteiger partial charge is 0.337 e. The Morgan fingerprint density at radius 3 is 2.27 bits per heavy atom. The molecule has 2 heterocycles. The van der Waals surface area contributed by atoms with Crippen LogP contribution < -0.4 is 5.73 Å². The van der Waals surface area contributed by atoms with Gasteiger partial charge < -0.3 is 15.9 Å². The van der Waals surface area contributed by atoms with E-state index in [9.17, 15) is 4.79 Å². The van der Waals surface area contributed by atoms with Crippen LogP contribution in [0, 0.1) is 20.8 Å². The predicted octanol–water partition coefficient (Wildman–Crippen LogP) is 2.05. The fourth-order valence-corrected chi connectivity index (χ4v) is 2.14. The van der Waals surface area contributed by atoms with Gasteiger partial charge in [0.2, 0.25) is 0 Å². The van der Waals surface area contributed by atoms with E-state index in [2.05, 4.69) is 9.97 Å². The molecule has 0 aliphatic carbocycles. The van der Waals surface area contributed by atoms with Gasteiger partial charge in [-0.15, -0.1) is 0 Å². The predicted molar refractivity (Wildman–Crippen MR) is 81.7 cm³/mol. The number of aromatic nitrogens is 2. The molecule has 116 valence electrons. The van der Waals surface area contributed by atoms with Crippen molar-refractivity contribution in [1.29, 1.82) is 0 Å². The second-order valence-electron chi connectivity index (χ2n) is 4.62. The molecule has 7 nitrogen and oxygen atoms in total. The standard InChI is InChI=1S/C14H15N3O2.CH2O2/c1-7-5-12(15)16-6-10(7)11-4-8(2)13(14(18)19)9(3)17-11;2-1-3/h4-6H,1-3H3,(H2,15,16)(H,18,19);1H,(H,2,3). The number of hydrogen-bond donors (Lipinski definition) is 3. The normalized spacial score (nSPS) is 9.59. The van der Waals surface area contributed by atoms with Crippen LogP contribution in [-0.2, 0) is 4.79 Å². The highest BCUT2D eigenvalue weighted by Crippen LogP contribution is 2.25. The molecule has 0 aliphatic rings. The minimum atomic E-state index is -0.957. The first-order valence-corrected chi connectivity index (χ1v) is 6.33. The van der Waals surface area contributed by atoms with E-state index >= 15 is 0 Å².